The summed E-state index contributed by atoms with van der Waals surface area (Å²) in [4.78, 5) is 24.2. The topological polar surface area (TPSA) is 80.3 Å². The van der Waals surface area contributed by atoms with Crippen molar-refractivity contribution in [2.45, 2.75) is 20.0 Å². The minimum Gasteiger partial charge on any atom is -0.494 e. The second-order valence-electron chi connectivity index (χ2n) is 6.22. The number of Topliss-reactive ketones (excluding diaryl/α,β-unsaturated/α-hetero) is 1. The number of methoxy groups -OCH3 is 2. The lowest BCUT2D eigenvalue weighted by Crippen LogP contribution is -2.25. The molecule has 0 N–H and O–H groups in total. The Balaban J connectivity index is 1.83. The van der Waals surface area contributed by atoms with E-state index in [2.05, 4.69) is 4.74 Å². The number of benzene rings is 2. The number of carbonyl (C=O) groups is 2. The molecule has 7 heteroatoms. The fraction of sp³-hybridized carbons (Fsp3) is 0.273. The van der Waals surface area contributed by atoms with Crippen LogP contribution in [0.4, 0.5) is 0 Å². The van der Waals surface area contributed by atoms with Crippen LogP contribution in [0.3, 0.4) is 0 Å². The van der Waals surface area contributed by atoms with Crippen molar-refractivity contribution in [2.75, 3.05) is 20.8 Å². The Morgan fingerprint density at radius 3 is 2.62 bits per heavy atom. The molecule has 0 saturated heterocycles. The van der Waals surface area contributed by atoms with Crippen LogP contribution in [0, 0.1) is 0 Å². The van der Waals surface area contributed by atoms with Gasteiger partial charge in [-0.25, -0.2) is 4.79 Å². The van der Waals surface area contributed by atoms with E-state index in [0.29, 0.717) is 40.7 Å². The van der Waals surface area contributed by atoms with Crippen molar-refractivity contribution in [1.82, 2.24) is 0 Å². The summed E-state index contributed by atoms with van der Waals surface area (Å²) in [7, 11) is 2.78. The molecule has 0 amide bonds. The van der Waals surface area contributed by atoms with Crippen molar-refractivity contribution in [3.8, 4) is 23.0 Å². The number of fused-ring (bicyclic) bond motifs is 1. The Hall–Kier alpha value is -3.48. The molecule has 0 fully saturated rings. The van der Waals surface area contributed by atoms with E-state index in [1.54, 1.807) is 49.4 Å². The van der Waals surface area contributed by atoms with Gasteiger partial charge in [-0.05, 0) is 49.8 Å². The van der Waals surface area contributed by atoms with Gasteiger partial charge in [0.2, 0.25) is 5.78 Å². The Labute approximate surface area is 168 Å². The Morgan fingerprint density at radius 2 is 1.93 bits per heavy atom. The van der Waals surface area contributed by atoms with E-state index in [9.17, 15) is 9.59 Å². The van der Waals surface area contributed by atoms with Gasteiger partial charge >= 0.3 is 5.97 Å². The largest absolute Gasteiger partial charge is 0.494 e. The van der Waals surface area contributed by atoms with Crippen molar-refractivity contribution in [3.63, 3.8) is 0 Å². The third-order valence-electron chi connectivity index (χ3n) is 4.27. The maximum atomic E-state index is 12.6. The van der Waals surface area contributed by atoms with E-state index in [4.69, 9.17) is 18.9 Å². The normalized spacial score (nSPS) is 14.8. The molecule has 2 aromatic rings. The van der Waals surface area contributed by atoms with Crippen molar-refractivity contribution in [1.29, 1.82) is 0 Å². The van der Waals surface area contributed by atoms with E-state index in [1.807, 2.05) is 6.92 Å². The zero-order chi connectivity index (χ0) is 21.0. The predicted molar refractivity (Wildman–Crippen MR) is 106 cm³/mol. The Bertz CT molecular complexity index is 962. The number of esters is 1. The molecule has 0 spiro atoms. The molecule has 2 aromatic carbocycles. The molecule has 152 valence electrons. The van der Waals surface area contributed by atoms with Gasteiger partial charge in [0.05, 0.1) is 26.4 Å². The van der Waals surface area contributed by atoms with Gasteiger partial charge in [-0.2, -0.15) is 0 Å². The monoisotopic (exact) mass is 398 g/mol. The number of ether oxygens (including phenoxy) is 5. The van der Waals surface area contributed by atoms with Crippen LogP contribution in [0.1, 0.15) is 29.8 Å². The molecule has 0 bridgehead atoms. The molecule has 7 nitrogen and oxygen atoms in total. The molecular weight excluding hydrogens is 376 g/mol. The van der Waals surface area contributed by atoms with Gasteiger partial charge in [-0.15, -0.1) is 0 Å². The summed E-state index contributed by atoms with van der Waals surface area (Å²) in [5.41, 5.74) is 1.17. The van der Waals surface area contributed by atoms with E-state index >= 15 is 0 Å². The lowest BCUT2D eigenvalue weighted by molar-refractivity contribution is -0.147. The first-order chi connectivity index (χ1) is 14.0. The SMILES string of the molecule is CCOc1ccc2c(c1)O/C(=C\c1ccc(O[C@@H](C)C(=O)OC)c(OC)c1)C2=O. The summed E-state index contributed by atoms with van der Waals surface area (Å²) in [6, 6.07) is 10.2. The van der Waals surface area contributed by atoms with Crippen LogP contribution >= 0.6 is 0 Å². The smallest absolute Gasteiger partial charge is 0.346 e. The van der Waals surface area contributed by atoms with Crippen molar-refractivity contribution in [3.05, 3.63) is 53.3 Å². The first kappa shape index (κ1) is 20.3. The first-order valence-electron chi connectivity index (χ1n) is 9.10. The highest BCUT2D eigenvalue weighted by Crippen LogP contribution is 2.36. The van der Waals surface area contributed by atoms with Gasteiger partial charge in [0.25, 0.3) is 0 Å². The van der Waals surface area contributed by atoms with E-state index < -0.39 is 12.1 Å². The van der Waals surface area contributed by atoms with E-state index in [1.165, 1.54) is 14.2 Å². The van der Waals surface area contributed by atoms with Crippen LogP contribution < -0.4 is 18.9 Å². The fourth-order valence-corrected chi connectivity index (χ4v) is 2.85. The molecule has 0 aromatic heterocycles. The molecule has 29 heavy (non-hydrogen) atoms. The van der Waals surface area contributed by atoms with Crippen LogP contribution in [0.2, 0.25) is 0 Å². The second-order valence-corrected chi connectivity index (χ2v) is 6.22. The molecule has 1 heterocycles. The summed E-state index contributed by atoms with van der Waals surface area (Å²) in [5.74, 6) is 1.41. The molecular formula is C22H22O7. The molecule has 0 aliphatic carbocycles. The zero-order valence-electron chi connectivity index (χ0n) is 16.7. The number of allylic oxidation sites excluding steroid dienone is 1. The lowest BCUT2D eigenvalue weighted by atomic mass is 10.1. The van der Waals surface area contributed by atoms with Gasteiger partial charge in [-0.3, -0.25) is 4.79 Å². The van der Waals surface area contributed by atoms with Crippen LogP contribution in [0.25, 0.3) is 6.08 Å². The standard InChI is InChI=1S/C22H22O7/c1-5-27-15-7-8-16-18(12-15)29-20(21(16)23)11-14-6-9-17(19(10-14)25-3)28-13(2)22(24)26-4/h6-13H,5H2,1-4H3/b20-11-/t13-/m0/s1. The highest BCUT2D eigenvalue weighted by molar-refractivity contribution is 6.14. The zero-order valence-corrected chi connectivity index (χ0v) is 16.7. The predicted octanol–water partition coefficient (Wildman–Crippen LogP) is 3.65. The quantitative estimate of drug-likeness (QED) is 0.520. The average Bonchev–Trinajstić information content (AvgIpc) is 3.03. The number of hydrogen-bond acceptors (Lipinski definition) is 7. The van der Waals surface area contributed by atoms with Crippen LogP contribution in [-0.2, 0) is 9.53 Å². The summed E-state index contributed by atoms with van der Waals surface area (Å²) in [5, 5.41) is 0. The van der Waals surface area contributed by atoms with E-state index in [0.717, 1.165) is 0 Å². The van der Waals surface area contributed by atoms with Crippen LogP contribution in [0.15, 0.2) is 42.2 Å². The number of ketones is 1. The molecule has 0 unspecified atom stereocenters. The third-order valence-corrected chi connectivity index (χ3v) is 4.27. The summed E-state index contributed by atoms with van der Waals surface area (Å²) >= 11 is 0. The fourth-order valence-electron chi connectivity index (χ4n) is 2.85. The van der Waals surface area contributed by atoms with Gasteiger partial charge in [0.1, 0.15) is 11.5 Å². The molecule has 1 atom stereocenters. The maximum Gasteiger partial charge on any atom is 0.346 e. The average molecular weight is 398 g/mol. The van der Waals surface area contributed by atoms with Crippen molar-refractivity contribution in [2.24, 2.45) is 0 Å². The lowest BCUT2D eigenvalue weighted by Gasteiger charge is -2.15. The van der Waals surface area contributed by atoms with Crippen LogP contribution in [-0.4, -0.2) is 38.7 Å². The minimum absolute atomic E-state index is 0.201. The number of rotatable bonds is 7. The van der Waals surface area contributed by atoms with Crippen molar-refractivity contribution < 1.29 is 33.3 Å². The van der Waals surface area contributed by atoms with Crippen LogP contribution in [0.5, 0.6) is 23.0 Å². The Morgan fingerprint density at radius 1 is 1.14 bits per heavy atom. The van der Waals surface area contributed by atoms with Gasteiger partial charge in [-0.1, -0.05) is 6.07 Å². The maximum absolute atomic E-state index is 12.6. The highest BCUT2D eigenvalue weighted by Gasteiger charge is 2.28. The summed E-state index contributed by atoms with van der Waals surface area (Å²) < 4.78 is 26.8. The molecule has 1 aliphatic heterocycles. The first-order valence-corrected chi connectivity index (χ1v) is 9.10. The van der Waals surface area contributed by atoms with Gasteiger partial charge in [0, 0.05) is 6.07 Å². The number of carbonyl (C=O) groups excluding carboxylic acids is 2. The highest BCUT2D eigenvalue weighted by atomic mass is 16.6. The second kappa shape index (κ2) is 8.68. The minimum atomic E-state index is -0.785. The third kappa shape index (κ3) is 4.34. The van der Waals surface area contributed by atoms with Crippen molar-refractivity contribution >= 4 is 17.8 Å². The van der Waals surface area contributed by atoms with Gasteiger partial charge < -0.3 is 23.7 Å². The van der Waals surface area contributed by atoms with Gasteiger partial charge in [0.15, 0.2) is 23.4 Å². The number of hydrogen-bond donors (Lipinski definition) is 0. The molecule has 0 saturated carbocycles. The summed E-state index contributed by atoms with van der Waals surface area (Å²) in [6.07, 6.45) is 0.838. The molecule has 1 aliphatic rings. The summed E-state index contributed by atoms with van der Waals surface area (Å²) in [6.45, 7) is 4.00. The Kier molecular flexibility index (Phi) is 6.07. The molecule has 0 radical (unpaired) electrons. The molecule has 3 rings (SSSR count). The van der Waals surface area contributed by atoms with E-state index in [-0.39, 0.29) is 11.5 Å².